The third-order valence-corrected chi connectivity index (χ3v) is 4.05. The van der Waals surface area contributed by atoms with Crippen LogP contribution in [0.5, 0.6) is 5.75 Å². The lowest BCUT2D eigenvalue weighted by Crippen LogP contribution is -2.49. The topological polar surface area (TPSA) is 67.6 Å². The number of thiocarbonyl (C=S) groups is 1. The first kappa shape index (κ1) is 15.6. The zero-order valence-corrected chi connectivity index (χ0v) is 13.2. The number of hydrogen-bond acceptors (Lipinski definition) is 4. The maximum atomic E-state index is 12.1. The monoisotopic (exact) mass is 307 g/mol. The van der Waals surface area contributed by atoms with Crippen LogP contribution in [0.4, 0.5) is 5.69 Å². The summed E-state index contributed by atoms with van der Waals surface area (Å²) in [6.07, 6.45) is 2.91. The van der Waals surface area contributed by atoms with Crippen LogP contribution in [0.3, 0.4) is 0 Å². The van der Waals surface area contributed by atoms with Crippen LogP contribution in [-0.4, -0.2) is 37.6 Å². The molecule has 5 nitrogen and oxygen atoms in total. The van der Waals surface area contributed by atoms with E-state index in [4.69, 9.17) is 22.7 Å². The number of ether oxygens (including phenoxy) is 1. The Bertz CT molecular complexity index is 548. The van der Waals surface area contributed by atoms with Crippen LogP contribution in [0.2, 0.25) is 0 Å². The Hall–Kier alpha value is -1.82. The van der Waals surface area contributed by atoms with E-state index in [-0.39, 0.29) is 11.9 Å². The van der Waals surface area contributed by atoms with Crippen molar-refractivity contribution in [3.05, 3.63) is 23.8 Å². The number of carbonyl (C=O) groups is 1. The van der Waals surface area contributed by atoms with Crippen LogP contribution in [-0.2, 0) is 4.79 Å². The fourth-order valence-corrected chi connectivity index (χ4v) is 2.92. The highest BCUT2D eigenvalue weighted by molar-refractivity contribution is 7.80. The normalized spacial score (nSPS) is 18.2. The van der Waals surface area contributed by atoms with Gasteiger partial charge in [0.05, 0.1) is 12.8 Å². The van der Waals surface area contributed by atoms with Crippen molar-refractivity contribution in [2.24, 2.45) is 5.73 Å². The van der Waals surface area contributed by atoms with E-state index in [1.165, 1.54) is 0 Å². The van der Waals surface area contributed by atoms with E-state index in [0.29, 0.717) is 4.99 Å². The van der Waals surface area contributed by atoms with Crippen molar-refractivity contribution in [1.82, 2.24) is 5.32 Å². The number of methoxy groups -OCH3 is 1. The summed E-state index contributed by atoms with van der Waals surface area (Å²) in [5, 5.41) is 2.74. The van der Waals surface area contributed by atoms with Crippen molar-refractivity contribution in [2.45, 2.75) is 25.3 Å². The third kappa shape index (κ3) is 3.26. The third-order valence-electron chi connectivity index (χ3n) is 3.83. The van der Waals surface area contributed by atoms with Gasteiger partial charge in [-0.25, -0.2) is 0 Å². The standard InChI is InChI=1S/C15H21N3O2S/c1-17-15(19)12-5-3-4-8-18(12)13-9-10(20-2)6-7-11(13)14(16)21/h6-7,9,12H,3-5,8H2,1-2H3,(H2,16,21)(H,17,19). The van der Waals surface area contributed by atoms with Gasteiger partial charge in [0.25, 0.3) is 0 Å². The average Bonchev–Trinajstić information content (AvgIpc) is 2.53. The highest BCUT2D eigenvalue weighted by Gasteiger charge is 2.30. The maximum absolute atomic E-state index is 12.1. The van der Waals surface area contributed by atoms with Gasteiger partial charge in [-0.3, -0.25) is 4.79 Å². The van der Waals surface area contributed by atoms with E-state index < -0.39 is 0 Å². The predicted octanol–water partition coefficient (Wildman–Crippen LogP) is 1.43. The lowest BCUT2D eigenvalue weighted by Gasteiger charge is -2.37. The van der Waals surface area contributed by atoms with Crippen LogP contribution in [0.25, 0.3) is 0 Å². The Labute approximate surface area is 130 Å². The van der Waals surface area contributed by atoms with Crippen LogP contribution < -0.4 is 20.7 Å². The van der Waals surface area contributed by atoms with E-state index in [9.17, 15) is 4.79 Å². The Morgan fingerprint density at radius 3 is 2.86 bits per heavy atom. The molecule has 0 aliphatic carbocycles. The van der Waals surface area contributed by atoms with Crippen LogP contribution in [0.15, 0.2) is 18.2 Å². The summed E-state index contributed by atoms with van der Waals surface area (Å²) in [7, 11) is 3.28. The quantitative estimate of drug-likeness (QED) is 0.824. The molecular formula is C15H21N3O2S. The smallest absolute Gasteiger partial charge is 0.242 e. The highest BCUT2D eigenvalue weighted by Crippen LogP contribution is 2.31. The molecule has 114 valence electrons. The number of nitrogens with one attached hydrogen (secondary N) is 1. The van der Waals surface area contributed by atoms with Crippen LogP contribution >= 0.6 is 12.2 Å². The number of hydrogen-bond donors (Lipinski definition) is 2. The molecule has 0 radical (unpaired) electrons. The molecule has 1 fully saturated rings. The number of anilines is 1. The molecule has 1 aliphatic heterocycles. The Morgan fingerprint density at radius 2 is 2.24 bits per heavy atom. The van der Waals surface area contributed by atoms with Gasteiger partial charge in [-0.2, -0.15) is 0 Å². The molecule has 1 amide bonds. The minimum atomic E-state index is -0.191. The largest absolute Gasteiger partial charge is 0.497 e. The molecular weight excluding hydrogens is 286 g/mol. The number of piperidine rings is 1. The van der Waals surface area contributed by atoms with E-state index in [2.05, 4.69) is 10.2 Å². The summed E-state index contributed by atoms with van der Waals surface area (Å²) in [6.45, 7) is 0.806. The van der Waals surface area contributed by atoms with Gasteiger partial charge in [-0.05, 0) is 31.4 Å². The number of amides is 1. The first-order chi connectivity index (χ1) is 10.1. The lowest BCUT2D eigenvalue weighted by molar-refractivity contribution is -0.122. The predicted molar refractivity (Wildman–Crippen MR) is 87.9 cm³/mol. The molecule has 1 aliphatic rings. The molecule has 6 heteroatoms. The molecule has 1 atom stereocenters. The fourth-order valence-electron chi connectivity index (χ4n) is 2.74. The first-order valence-corrected chi connectivity index (χ1v) is 7.45. The van der Waals surface area contributed by atoms with E-state index in [1.54, 1.807) is 14.2 Å². The van der Waals surface area contributed by atoms with Gasteiger partial charge in [0.2, 0.25) is 5.91 Å². The van der Waals surface area contributed by atoms with Gasteiger partial charge >= 0.3 is 0 Å². The molecule has 1 aromatic carbocycles. The molecule has 0 aromatic heterocycles. The fraction of sp³-hybridized carbons (Fsp3) is 0.467. The average molecular weight is 307 g/mol. The van der Waals surface area contributed by atoms with Crippen molar-refractivity contribution in [3.8, 4) is 5.75 Å². The van der Waals surface area contributed by atoms with Gasteiger partial charge in [-0.15, -0.1) is 0 Å². The molecule has 3 N–H and O–H groups in total. The first-order valence-electron chi connectivity index (χ1n) is 7.04. The molecule has 1 heterocycles. The van der Waals surface area contributed by atoms with Crippen LogP contribution in [0, 0.1) is 0 Å². The maximum Gasteiger partial charge on any atom is 0.242 e. The van der Waals surface area contributed by atoms with Gasteiger partial charge in [0, 0.05) is 25.2 Å². The van der Waals surface area contributed by atoms with Crippen molar-refractivity contribution in [2.75, 3.05) is 25.6 Å². The summed E-state index contributed by atoms with van der Waals surface area (Å²) in [4.78, 5) is 14.5. The molecule has 0 saturated carbocycles. The Balaban J connectivity index is 2.45. The van der Waals surface area contributed by atoms with Crippen molar-refractivity contribution >= 4 is 28.8 Å². The number of rotatable bonds is 4. The SMILES string of the molecule is CNC(=O)C1CCCCN1c1cc(OC)ccc1C(N)=S. The van der Waals surface area contributed by atoms with E-state index >= 15 is 0 Å². The second-order valence-corrected chi connectivity index (χ2v) is 5.51. The van der Waals surface area contributed by atoms with Crippen molar-refractivity contribution in [3.63, 3.8) is 0 Å². The van der Waals surface area contributed by atoms with Crippen molar-refractivity contribution < 1.29 is 9.53 Å². The lowest BCUT2D eigenvalue weighted by atomic mass is 9.99. The van der Waals surface area contributed by atoms with E-state index in [1.807, 2.05) is 18.2 Å². The van der Waals surface area contributed by atoms with Gasteiger partial charge in [-0.1, -0.05) is 12.2 Å². The zero-order chi connectivity index (χ0) is 15.4. The summed E-state index contributed by atoms with van der Waals surface area (Å²) >= 11 is 5.14. The molecule has 2 rings (SSSR count). The highest BCUT2D eigenvalue weighted by atomic mass is 32.1. The molecule has 1 unspecified atom stereocenters. The Kier molecular flexibility index (Phi) is 5.01. The minimum Gasteiger partial charge on any atom is -0.497 e. The zero-order valence-electron chi connectivity index (χ0n) is 12.4. The minimum absolute atomic E-state index is 0.0198. The number of nitrogens with zero attached hydrogens (tertiary/aromatic N) is 1. The summed E-state index contributed by atoms with van der Waals surface area (Å²) < 4.78 is 5.29. The molecule has 0 bridgehead atoms. The molecule has 0 spiro atoms. The molecule has 1 saturated heterocycles. The molecule has 21 heavy (non-hydrogen) atoms. The number of carbonyl (C=O) groups excluding carboxylic acids is 1. The van der Waals surface area contributed by atoms with E-state index in [0.717, 1.165) is 42.8 Å². The second-order valence-electron chi connectivity index (χ2n) is 5.07. The number of likely N-dealkylation sites (N-methyl/N-ethyl adjacent to an activating group) is 1. The van der Waals surface area contributed by atoms with Crippen molar-refractivity contribution in [1.29, 1.82) is 0 Å². The summed E-state index contributed by atoms with van der Waals surface area (Å²) in [6, 6.07) is 5.39. The summed E-state index contributed by atoms with van der Waals surface area (Å²) in [5.41, 5.74) is 7.48. The van der Waals surface area contributed by atoms with Gasteiger partial charge < -0.3 is 20.7 Å². The second kappa shape index (κ2) is 6.76. The van der Waals surface area contributed by atoms with Gasteiger partial charge in [0.1, 0.15) is 16.8 Å². The van der Waals surface area contributed by atoms with Crippen LogP contribution in [0.1, 0.15) is 24.8 Å². The van der Waals surface area contributed by atoms with Gasteiger partial charge in [0.15, 0.2) is 0 Å². The Morgan fingerprint density at radius 1 is 1.48 bits per heavy atom. The number of nitrogens with two attached hydrogens (primary N) is 1. The molecule has 1 aromatic rings. The number of benzene rings is 1. The summed E-state index contributed by atoms with van der Waals surface area (Å²) in [5.74, 6) is 0.748.